The number of nitrogens with zero attached hydrogens (tertiary/aromatic N) is 2. The number of halogens is 1. The first kappa shape index (κ1) is 17.0. The van der Waals surface area contributed by atoms with Gasteiger partial charge in [-0.3, -0.25) is 14.9 Å². The lowest BCUT2D eigenvalue weighted by molar-refractivity contribution is -0.385. The number of aromatic hydroxyl groups is 1. The lowest BCUT2D eigenvalue weighted by Crippen LogP contribution is -2.25. The molecule has 1 heterocycles. The van der Waals surface area contributed by atoms with E-state index in [1.807, 2.05) is 24.3 Å². The van der Waals surface area contributed by atoms with Gasteiger partial charge in [0.1, 0.15) is 5.69 Å². The Hall–Kier alpha value is -2.87. The molecule has 3 rings (SSSR count). The van der Waals surface area contributed by atoms with Crippen LogP contribution in [0, 0.1) is 10.1 Å². The largest absolute Gasteiger partial charge is 0.502 e. The fourth-order valence-electron chi connectivity index (χ4n) is 2.69. The second-order valence-corrected chi connectivity index (χ2v) is 6.29. The number of carbonyl (C=O) groups excluding carboxylic acids is 1. The summed E-state index contributed by atoms with van der Waals surface area (Å²) in [5.74, 6) is -0.710. The van der Waals surface area contributed by atoms with Crippen molar-refractivity contribution in [2.45, 2.75) is 6.54 Å². The number of nitro benzene ring substituents is 1. The zero-order valence-electron chi connectivity index (χ0n) is 13.2. The van der Waals surface area contributed by atoms with Crippen LogP contribution in [-0.4, -0.2) is 20.5 Å². The third kappa shape index (κ3) is 3.08. The molecule has 0 atom stereocenters. The molecule has 0 spiro atoms. The van der Waals surface area contributed by atoms with E-state index in [1.54, 1.807) is 11.6 Å². The number of para-hydroxylation sites is 1. The van der Waals surface area contributed by atoms with Crippen LogP contribution in [0.15, 0.2) is 46.9 Å². The van der Waals surface area contributed by atoms with Gasteiger partial charge in [0.05, 0.1) is 9.40 Å². The van der Waals surface area contributed by atoms with Crippen molar-refractivity contribution in [2.75, 3.05) is 0 Å². The van der Waals surface area contributed by atoms with Crippen molar-refractivity contribution in [1.82, 2.24) is 9.88 Å². The molecule has 3 aromatic rings. The van der Waals surface area contributed by atoms with E-state index >= 15 is 0 Å². The summed E-state index contributed by atoms with van der Waals surface area (Å²) in [4.78, 5) is 22.8. The van der Waals surface area contributed by atoms with Crippen molar-refractivity contribution in [2.24, 2.45) is 7.05 Å². The van der Waals surface area contributed by atoms with Gasteiger partial charge in [-0.05, 0) is 33.6 Å². The van der Waals surface area contributed by atoms with E-state index in [0.717, 1.165) is 10.9 Å². The number of rotatable bonds is 4. The van der Waals surface area contributed by atoms with Crippen LogP contribution >= 0.6 is 15.9 Å². The Kier molecular flexibility index (Phi) is 4.45. The maximum absolute atomic E-state index is 12.6. The van der Waals surface area contributed by atoms with Crippen LogP contribution in [0.3, 0.4) is 0 Å². The molecule has 0 radical (unpaired) electrons. The molecule has 128 valence electrons. The number of aromatic nitrogens is 1. The second kappa shape index (κ2) is 6.56. The van der Waals surface area contributed by atoms with Gasteiger partial charge in [-0.2, -0.15) is 0 Å². The van der Waals surface area contributed by atoms with Crippen molar-refractivity contribution >= 4 is 38.4 Å². The van der Waals surface area contributed by atoms with Crippen LogP contribution in [0.25, 0.3) is 10.9 Å². The minimum atomic E-state index is -0.666. The van der Waals surface area contributed by atoms with Crippen LogP contribution in [0.2, 0.25) is 0 Å². The van der Waals surface area contributed by atoms with Crippen molar-refractivity contribution in [3.63, 3.8) is 0 Å². The molecule has 2 N–H and O–H groups in total. The molecule has 25 heavy (non-hydrogen) atoms. The van der Waals surface area contributed by atoms with Gasteiger partial charge < -0.3 is 15.0 Å². The smallest absolute Gasteiger partial charge is 0.311 e. The molecule has 0 fully saturated rings. The minimum Gasteiger partial charge on any atom is -0.502 e. The topological polar surface area (TPSA) is 97.4 Å². The quantitative estimate of drug-likeness (QED) is 0.514. The van der Waals surface area contributed by atoms with E-state index in [4.69, 9.17) is 0 Å². The monoisotopic (exact) mass is 403 g/mol. The fourth-order valence-corrected chi connectivity index (χ4v) is 3.47. The average Bonchev–Trinajstić information content (AvgIpc) is 2.85. The van der Waals surface area contributed by atoms with Crippen LogP contribution in [0.5, 0.6) is 5.75 Å². The van der Waals surface area contributed by atoms with Gasteiger partial charge >= 0.3 is 5.69 Å². The average molecular weight is 404 g/mol. The van der Waals surface area contributed by atoms with Crippen molar-refractivity contribution in [1.29, 1.82) is 0 Å². The highest BCUT2D eigenvalue weighted by Crippen LogP contribution is 2.30. The first-order valence-corrected chi connectivity index (χ1v) is 8.17. The highest BCUT2D eigenvalue weighted by molar-refractivity contribution is 9.10. The van der Waals surface area contributed by atoms with E-state index in [1.165, 1.54) is 18.2 Å². The molecule has 8 heteroatoms. The number of hydrogen-bond donors (Lipinski definition) is 2. The summed E-state index contributed by atoms with van der Waals surface area (Å²) in [6.45, 7) is 0.105. The van der Waals surface area contributed by atoms with Gasteiger partial charge in [-0.25, -0.2) is 0 Å². The van der Waals surface area contributed by atoms with Gasteiger partial charge in [0.2, 0.25) is 0 Å². The molecule has 0 aliphatic heterocycles. The van der Waals surface area contributed by atoms with Gasteiger partial charge in [-0.1, -0.05) is 24.3 Å². The number of hydrogen-bond acceptors (Lipinski definition) is 4. The van der Waals surface area contributed by atoms with E-state index in [0.29, 0.717) is 15.7 Å². The highest BCUT2D eigenvalue weighted by atomic mass is 79.9. The highest BCUT2D eigenvalue weighted by Gasteiger charge is 2.19. The van der Waals surface area contributed by atoms with E-state index in [9.17, 15) is 20.0 Å². The van der Waals surface area contributed by atoms with E-state index in [2.05, 4.69) is 21.2 Å². The lowest BCUT2D eigenvalue weighted by Gasteiger charge is -2.08. The molecule has 0 aliphatic carbocycles. The summed E-state index contributed by atoms with van der Waals surface area (Å²) in [6, 6.07) is 11.6. The third-order valence-electron chi connectivity index (χ3n) is 3.95. The number of phenolic OH excluding ortho intramolecular Hbond substituents is 1. The van der Waals surface area contributed by atoms with Crippen LogP contribution in [0.1, 0.15) is 16.1 Å². The van der Waals surface area contributed by atoms with Crippen LogP contribution in [-0.2, 0) is 13.6 Å². The van der Waals surface area contributed by atoms with Crippen molar-refractivity contribution in [3.8, 4) is 5.75 Å². The predicted octanol–water partition coefficient (Wildman–Crippen LogP) is 3.48. The zero-order valence-corrected chi connectivity index (χ0v) is 14.8. The summed E-state index contributed by atoms with van der Waals surface area (Å²) in [5, 5.41) is 24.0. The van der Waals surface area contributed by atoms with Gasteiger partial charge in [0, 0.05) is 30.6 Å². The number of aryl methyl sites for hydroxylation is 1. The number of phenols is 1. The zero-order chi connectivity index (χ0) is 18.1. The minimum absolute atomic E-state index is 0.105. The van der Waals surface area contributed by atoms with Crippen LogP contribution < -0.4 is 5.32 Å². The molecule has 1 amide bonds. The molecule has 0 unspecified atom stereocenters. The number of benzene rings is 2. The van der Waals surface area contributed by atoms with Crippen molar-refractivity contribution < 1.29 is 14.8 Å². The summed E-state index contributed by atoms with van der Waals surface area (Å²) < 4.78 is 2.48. The normalized spacial score (nSPS) is 10.8. The Morgan fingerprint density at radius 3 is 2.72 bits per heavy atom. The van der Waals surface area contributed by atoms with Crippen molar-refractivity contribution in [3.05, 3.63) is 68.3 Å². The number of nitrogens with one attached hydrogen (secondary N) is 1. The second-order valence-electron chi connectivity index (χ2n) is 5.50. The Labute approximate surface area is 151 Å². The van der Waals surface area contributed by atoms with Gasteiger partial charge in [-0.15, -0.1) is 0 Å². The number of carbonyl (C=O) groups is 1. The SMILES string of the molecule is Cn1c(C(=O)NCc2ccc(O)c([N+](=O)[O-])c2)c(Br)c2ccccc21. The van der Waals surface area contributed by atoms with E-state index in [-0.39, 0.29) is 12.5 Å². The maximum atomic E-state index is 12.6. The molecule has 0 saturated heterocycles. The predicted molar refractivity (Wildman–Crippen MR) is 96.6 cm³/mol. The molecule has 0 aliphatic rings. The third-order valence-corrected chi connectivity index (χ3v) is 4.75. The first-order valence-electron chi connectivity index (χ1n) is 7.37. The lowest BCUT2D eigenvalue weighted by atomic mass is 10.2. The van der Waals surface area contributed by atoms with Crippen LogP contribution in [0.4, 0.5) is 5.69 Å². The first-order chi connectivity index (χ1) is 11.9. The summed E-state index contributed by atoms with van der Waals surface area (Å²) >= 11 is 3.47. The van der Waals surface area contributed by atoms with E-state index < -0.39 is 16.4 Å². The summed E-state index contributed by atoms with van der Waals surface area (Å²) in [6.07, 6.45) is 0. The standard InChI is InChI=1S/C17H14BrN3O4/c1-20-12-5-3-2-4-11(12)15(18)16(20)17(23)19-9-10-6-7-14(22)13(8-10)21(24)25/h2-8,22H,9H2,1H3,(H,19,23). The molecule has 0 saturated carbocycles. The number of nitro groups is 1. The Morgan fingerprint density at radius 1 is 1.32 bits per heavy atom. The Bertz CT molecular complexity index is 958. The molecule has 1 aromatic heterocycles. The molecular weight excluding hydrogens is 390 g/mol. The number of fused-ring (bicyclic) bond motifs is 1. The Morgan fingerprint density at radius 2 is 2.04 bits per heavy atom. The maximum Gasteiger partial charge on any atom is 0.311 e. The fraction of sp³-hybridized carbons (Fsp3) is 0.118. The Balaban J connectivity index is 1.84. The van der Waals surface area contributed by atoms with Gasteiger partial charge in [0.15, 0.2) is 5.75 Å². The summed E-state index contributed by atoms with van der Waals surface area (Å²) in [5.41, 5.74) is 1.51. The molecule has 7 nitrogen and oxygen atoms in total. The molecular formula is C17H14BrN3O4. The number of amides is 1. The molecule has 0 bridgehead atoms. The van der Waals surface area contributed by atoms with Gasteiger partial charge in [0.25, 0.3) is 5.91 Å². The summed E-state index contributed by atoms with van der Waals surface area (Å²) in [7, 11) is 1.80. The molecule has 2 aromatic carbocycles.